The number of amides is 1. The smallest absolute Gasteiger partial charge is 0.375 e. The first kappa shape index (κ1) is 16.4. The van der Waals surface area contributed by atoms with Crippen LogP contribution < -0.4 is 10.6 Å². The molecule has 2 saturated carbocycles. The van der Waals surface area contributed by atoms with Crippen LogP contribution in [-0.4, -0.2) is 18.5 Å². The third-order valence-corrected chi connectivity index (χ3v) is 4.64. The lowest BCUT2D eigenvalue weighted by Crippen LogP contribution is -2.41. The standard InChI is InChI=1S/C16H18ClF3N2O/c17-12-7-11(16(18,19)20)5-6-13(12)21-8-14(23)22-15(9-1-2-9)10-3-4-10/h5-7,9-10,15,21H,1-4,8H2,(H,22,23). The maximum Gasteiger partial charge on any atom is 0.416 e. The summed E-state index contributed by atoms with van der Waals surface area (Å²) in [6.07, 6.45) is 0.236. The van der Waals surface area contributed by atoms with Crippen molar-refractivity contribution in [2.75, 3.05) is 11.9 Å². The van der Waals surface area contributed by atoms with E-state index in [4.69, 9.17) is 11.6 Å². The number of carbonyl (C=O) groups is 1. The highest BCUT2D eigenvalue weighted by Crippen LogP contribution is 2.44. The van der Waals surface area contributed by atoms with Crippen molar-refractivity contribution in [3.63, 3.8) is 0 Å². The molecule has 0 radical (unpaired) electrons. The third-order valence-electron chi connectivity index (χ3n) is 4.32. The SMILES string of the molecule is O=C(CNc1ccc(C(F)(F)F)cc1Cl)NC(C1CC1)C1CC1. The Balaban J connectivity index is 1.54. The van der Waals surface area contributed by atoms with Crippen LogP contribution in [0.5, 0.6) is 0 Å². The third kappa shape index (κ3) is 4.31. The van der Waals surface area contributed by atoms with E-state index in [0.717, 1.165) is 12.1 Å². The topological polar surface area (TPSA) is 41.1 Å². The molecular weight excluding hydrogens is 329 g/mol. The van der Waals surface area contributed by atoms with E-state index in [1.54, 1.807) is 0 Å². The molecule has 7 heteroatoms. The quantitative estimate of drug-likeness (QED) is 0.815. The fourth-order valence-corrected chi connectivity index (χ4v) is 3.03. The monoisotopic (exact) mass is 346 g/mol. The van der Waals surface area contributed by atoms with E-state index in [2.05, 4.69) is 10.6 Å². The number of alkyl halides is 3. The van der Waals surface area contributed by atoms with Gasteiger partial charge in [0.05, 0.1) is 22.8 Å². The minimum atomic E-state index is -4.43. The average molecular weight is 347 g/mol. The summed E-state index contributed by atoms with van der Waals surface area (Å²) in [6.45, 7) is 0.00102. The molecule has 0 heterocycles. The number of hydrogen-bond acceptors (Lipinski definition) is 2. The zero-order valence-corrected chi connectivity index (χ0v) is 13.2. The van der Waals surface area contributed by atoms with Gasteiger partial charge in [0.2, 0.25) is 5.91 Å². The average Bonchev–Trinajstić information content (AvgIpc) is 3.36. The number of benzene rings is 1. The van der Waals surface area contributed by atoms with Crippen molar-refractivity contribution >= 4 is 23.2 Å². The number of anilines is 1. The highest BCUT2D eigenvalue weighted by molar-refractivity contribution is 6.33. The predicted molar refractivity (Wildman–Crippen MR) is 82.3 cm³/mol. The summed E-state index contributed by atoms with van der Waals surface area (Å²) in [5.74, 6) is 1.05. The lowest BCUT2D eigenvalue weighted by Gasteiger charge is -2.18. The van der Waals surface area contributed by atoms with Gasteiger partial charge >= 0.3 is 6.18 Å². The van der Waals surface area contributed by atoms with Gasteiger partial charge in [-0.1, -0.05) is 11.6 Å². The molecule has 0 saturated heterocycles. The maximum atomic E-state index is 12.6. The Hall–Kier alpha value is -1.43. The van der Waals surface area contributed by atoms with E-state index < -0.39 is 11.7 Å². The van der Waals surface area contributed by atoms with Crippen molar-refractivity contribution in [3.8, 4) is 0 Å². The second-order valence-corrected chi connectivity index (χ2v) is 6.72. The molecule has 23 heavy (non-hydrogen) atoms. The summed E-state index contributed by atoms with van der Waals surface area (Å²) >= 11 is 5.85. The second kappa shape index (κ2) is 6.23. The Kier molecular flexibility index (Phi) is 4.45. The van der Waals surface area contributed by atoms with Crippen LogP contribution in [0.15, 0.2) is 18.2 Å². The molecule has 3 rings (SSSR count). The van der Waals surface area contributed by atoms with Gasteiger partial charge in [-0.2, -0.15) is 13.2 Å². The van der Waals surface area contributed by atoms with Crippen molar-refractivity contribution in [1.82, 2.24) is 5.32 Å². The van der Waals surface area contributed by atoms with Crippen molar-refractivity contribution < 1.29 is 18.0 Å². The molecule has 1 aromatic rings. The summed E-state index contributed by atoms with van der Waals surface area (Å²) < 4.78 is 37.7. The van der Waals surface area contributed by atoms with Crippen LogP contribution in [0.3, 0.4) is 0 Å². The van der Waals surface area contributed by atoms with E-state index in [0.29, 0.717) is 17.5 Å². The number of hydrogen-bond donors (Lipinski definition) is 2. The zero-order chi connectivity index (χ0) is 16.6. The molecule has 0 aromatic heterocycles. The molecule has 0 atom stereocenters. The molecule has 2 N–H and O–H groups in total. The summed E-state index contributed by atoms with van der Waals surface area (Å²) in [4.78, 5) is 12.0. The molecule has 3 nitrogen and oxygen atoms in total. The minimum absolute atomic E-state index is 0.00102. The first-order chi connectivity index (χ1) is 10.8. The van der Waals surface area contributed by atoms with Gasteiger partial charge in [0.1, 0.15) is 0 Å². The van der Waals surface area contributed by atoms with E-state index >= 15 is 0 Å². The van der Waals surface area contributed by atoms with E-state index in [9.17, 15) is 18.0 Å². The van der Waals surface area contributed by atoms with Gasteiger partial charge in [0, 0.05) is 6.04 Å². The summed E-state index contributed by atoms with van der Waals surface area (Å²) in [7, 11) is 0. The van der Waals surface area contributed by atoms with Crippen LogP contribution in [-0.2, 0) is 11.0 Å². The molecule has 0 bridgehead atoms. The van der Waals surface area contributed by atoms with Gasteiger partial charge in [-0.15, -0.1) is 0 Å². The number of halogens is 4. The molecule has 0 aliphatic heterocycles. The molecule has 2 aliphatic rings. The van der Waals surface area contributed by atoms with E-state index in [1.807, 2.05) is 0 Å². The van der Waals surface area contributed by atoms with Crippen LogP contribution in [0.4, 0.5) is 18.9 Å². The molecule has 0 unspecified atom stereocenters. The Bertz CT molecular complexity index is 585. The van der Waals surface area contributed by atoms with Crippen LogP contribution >= 0.6 is 11.6 Å². The lowest BCUT2D eigenvalue weighted by molar-refractivity contribution is -0.137. The maximum absolute atomic E-state index is 12.6. The Labute approximate surface area is 137 Å². The van der Waals surface area contributed by atoms with Crippen molar-refractivity contribution in [1.29, 1.82) is 0 Å². The van der Waals surface area contributed by atoms with Gasteiger partial charge < -0.3 is 10.6 Å². The first-order valence-electron chi connectivity index (χ1n) is 7.74. The largest absolute Gasteiger partial charge is 0.416 e. The van der Waals surface area contributed by atoms with Gasteiger partial charge in [-0.25, -0.2) is 0 Å². The fourth-order valence-electron chi connectivity index (χ4n) is 2.78. The molecule has 2 fully saturated rings. The lowest BCUT2D eigenvalue weighted by atomic mass is 10.1. The molecule has 0 spiro atoms. The Morgan fingerprint density at radius 2 is 1.83 bits per heavy atom. The van der Waals surface area contributed by atoms with Gasteiger partial charge in [0.25, 0.3) is 0 Å². The predicted octanol–water partition coefficient (Wildman–Crippen LogP) is 4.08. The molecule has 1 aromatic carbocycles. The van der Waals surface area contributed by atoms with Crippen LogP contribution in [0.2, 0.25) is 5.02 Å². The van der Waals surface area contributed by atoms with Crippen molar-refractivity contribution in [3.05, 3.63) is 28.8 Å². The molecule has 2 aliphatic carbocycles. The number of rotatable bonds is 6. The van der Waals surface area contributed by atoms with Crippen LogP contribution in [0, 0.1) is 11.8 Å². The number of carbonyl (C=O) groups excluding carboxylic acids is 1. The van der Waals surface area contributed by atoms with Crippen molar-refractivity contribution in [2.24, 2.45) is 11.8 Å². The fraction of sp³-hybridized carbons (Fsp3) is 0.562. The first-order valence-corrected chi connectivity index (χ1v) is 8.12. The molecule has 126 valence electrons. The second-order valence-electron chi connectivity index (χ2n) is 6.31. The van der Waals surface area contributed by atoms with Gasteiger partial charge in [-0.05, 0) is 55.7 Å². The van der Waals surface area contributed by atoms with Gasteiger partial charge in [0.15, 0.2) is 0 Å². The Morgan fingerprint density at radius 3 is 2.30 bits per heavy atom. The van der Waals surface area contributed by atoms with E-state index in [-0.39, 0.29) is 23.5 Å². The highest BCUT2D eigenvalue weighted by atomic mass is 35.5. The van der Waals surface area contributed by atoms with Crippen LogP contribution in [0.25, 0.3) is 0 Å². The molecular formula is C16H18ClF3N2O. The molecule has 1 amide bonds. The summed E-state index contributed by atoms with van der Waals surface area (Å²) in [5.41, 5.74) is -0.482. The number of nitrogens with one attached hydrogen (secondary N) is 2. The minimum Gasteiger partial charge on any atom is -0.375 e. The normalized spacial score (nSPS) is 18.1. The summed E-state index contributed by atoms with van der Waals surface area (Å²) in [6, 6.07) is 3.31. The zero-order valence-electron chi connectivity index (χ0n) is 12.4. The summed E-state index contributed by atoms with van der Waals surface area (Å²) in [5, 5.41) is 5.80. The van der Waals surface area contributed by atoms with Crippen LogP contribution in [0.1, 0.15) is 31.2 Å². The van der Waals surface area contributed by atoms with Crippen molar-refractivity contribution in [2.45, 2.75) is 37.9 Å². The Morgan fingerprint density at radius 1 is 1.22 bits per heavy atom. The highest BCUT2D eigenvalue weighted by Gasteiger charge is 2.42. The van der Waals surface area contributed by atoms with Gasteiger partial charge in [-0.3, -0.25) is 4.79 Å². The van der Waals surface area contributed by atoms with E-state index in [1.165, 1.54) is 31.7 Å².